The van der Waals surface area contributed by atoms with Crippen LogP contribution in [0, 0.1) is 5.82 Å². The molecule has 0 aromatic heterocycles. The standard InChI is InChI=1S/C13H9BClF4O/c15-13-9(4-3-6-11(13)16)8-20-12-7-2-1-5-10(12)14(17,18)19/h1-7H,8H2/q-1. The molecule has 0 saturated heterocycles. The Morgan fingerprint density at radius 2 is 1.70 bits per heavy atom. The van der Waals surface area contributed by atoms with Gasteiger partial charge in [-0.25, -0.2) is 4.39 Å². The average Bonchev–Trinajstić information content (AvgIpc) is 2.40. The lowest BCUT2D eigenvalue weighted by Crippen LogP contribution is -2.35. The van der Waals surface area contributed by atoms with Crippen LogP contribution in [0.3, 0.4) is 0 Å². The summed E-state index contributed by atoms with van der Waals surface area (Å²) in [5.41, 5.74) is -0.531. The summed E-state index contributed by atoms with van der Waals surface area (Å²) in [5.74, 6) is -0.929. The molecule has 0 N–H and O–H groups in total. The molecule has 1 nitrogen and oxygen atoms in total. The Balaban J connectivity index is 2.22. The van der Waals surface area contributed by atoms with Crippen LogP contribution in [0.1, 0.15) is 5.56 Å². The third-order valence-electron chi connectivity index (χ3n) is 2.69. The van der Waals surface area contributed by atoms with Gasteiger partial charge in [-0.2, -0.15) is 0 Å². The number of rotatable bonds is 4. The quantitative estimate of drug-likeness (QED) is 0.610. The minimum absolute atomic E-state index is 0.150. The summed E-state index contributed by atoms with van der Waals surface area (Å²) in [5, 5.41) is -0.150. The van der Waals surface area contributed by atoms with Crippen molar-refractivity contribution in [2.24, 2.45) is 0 Å². The molecular weight excluding hydrogens is 294 g/mol. The molecule has 7 heteroatoms. The van der Waals surface area contributed by atoms with Gasteiger partial charge in [0.05, 0.1) is 10.8 Å². The summed E-state index contributed by atoms with van der Waals surface area (Å²) in [7, 11) is 0. The lowest BCUT2D eigenvalue weighted by atomic mass is 9.79. The third-order valence-corrected chi connectivity index (χ3v) is 3.11. The van der Waals surface area contributed by atoms with Crippen molar-refractivity contribution in [1.29, 1.82) is 0 Å². The van der Waals surface area contributed by atoms with E-state index < -0.39 is 18.3 Å². The molecule has 0 heterocycles. The Hall–Kier alpha value is -1.69. The van der Waals surface area contributed by atoms with Gasteiger partial charge in [-0.3, -0.25) is 0 Å². The number of benzene rings is 2. The monoisotopic (exact) mass is 303 g/mol. The van der Waals surface area contributed by atoms with Crippen LogP contribution in [0.5, 0.6) is 5.75 Å². The van der Waals surface area contributed by atoms with Crippen molar-refractivity contribution in [3.05, 3.63) is 58.9 Å². The maximum atomic E-state index is 13.2. The van der Waals surface area contributed by atoms with Crippen LogP contribution in [0.25, 0.3) is 0 Å². The fraction of sp³-hybridized carbons (Fsp3) is 0.0769. The van der Waals surface area contributed by atoms with Gasteiger partial charge in [-0.1, -0.05) is 47.4 Å². The Morgan fingerprint density at radius 1 is 1.00 bits per heavy atom. The first kappa shape index (κ1) is 14.7. The van der Waals surface area contributed by atoms with Gasteiger partial charge in [0.1, 0.15) is 12.4 Å². The normalized spacial score (nSPS) is 11.4. The van der Waals surface area contributed by atoms with Crippen molar-refractivity contribution in [3.8, 4) is 5.75 Å². The van der Waals surface area contributed by atoms with Crippen LogP contribution >= 0.6 is 11.6 Å². The molecule has 0 bridgehead atoms. The fourth-order valence-corrected chi connectivity index (χ4v) is 1.88. The molecule has 2 rings (SSSR count). The SMILES string of the molecule is Fc1cccc(COc2ccccc2[B-](F)(F)F)c1Cl. The first-order valence-corrected chi connectivity index (χ1v) is 6.12. The highest BCUT2D eigenvalue weighted by molar-refractivity contribution is 6.74. The van der Waals surface area contributed by atoms with Gasteiger partial charge in [0, 0.05) is 5.56 Å². The van der Waals surface area contributed by atoms with Gasteiger partial charge >= 0.3 is 6.98 Å². The molecule has 0 amide bonds. The molecule has 106 valence electrons. The minimum atomic E-state index is -5.17. The van der Waals surface area contributed by atoms with E-state index in [2.05, 4.69) is 0 Å². The van der Waals surface area contributed by atoms with E-state index in [0.29, 0.717) is 0 Å². The zero-order valence-electron chi connectivity index (χ0n) is 10.1. The molecule has 0 aliphatic carbocycles. The topological polar surface area (TPSA) is 9.23 Å². The molecule has 0 unspecified atom stereocenters. The van der Waals surface area contributed by atoms with E-state index in [1.807, 2.05) is 0 Å². The first-order chi connectivity index (χ1) is 9.39. The van der Waals surface area contributed by atoms with Gasteiger partial charge in [-0.15, -0.1) is 0 Å². The molecule has 0 aliphatic heterocycles. The van der Waals surface area contributed by atoms with Crippen molar-refractivity contribution in [2.45, 2.75) is 6.61 Å². The molecule has 0 spiro atoms. The van der Waals surface area contributed by atoms with E-state index >= 15 is 0 Å². The van der Waals surface area contributed by atoms with Gasteiger partial charge in [0.15, 0.2) is 0 Å². The fourth-order valence-electron chi connectivity index (χ4n) is 1.70. The molecule has 0 saturated carbocycles. The summed E-state index contributed by atoms with van der Waals surface area (Å²) in [4.78, 5) is 0. The van der Waals surface area contributed by atoms with Gasteiger partial charge in [0.2, 0.25) is 0 Å². The summed E-state index contributed by atoms with van der Waals surface area (Å²) in [6, 6.07) is 8.96. The third kappa shape index (κ3) is 3.25. The maximum Gasteiger partial charge on any atom is 0.513 e. The highest BCUT2D eigenvalue weighted by atomic mass is 35.5. The number of halogens is 5. The Morgan fingerprint density at radius 3 is 2.40 bits per heavy atom. The van der Waals surface area contributed by atoms with Gasteiger partial charge < -0.3 is 17.7 Å². The Bertz CT molecular complexity index is 616. The molecule has 2 aromatic carbocycles. The predicted molar refractivity (Wildman–Crippen MR) is 70.9 cm³/mol. The van der Waals surface area contributed by atoms with E-state index in [0.717, 1.165) is 6.07 Å². The molecule has 0 radical (unpaired) electrons. The van der Waals surface area contributed by atoms with Crippen LogP contribution in [-0.2, 0) is 6.61 Å². The van der Waals surface area contributed by atoms with Crippen molar-refractivity contribution in [2.75, 3.05) is 0 Å². The van der Waals surface area contributed by atoms with Crippen molar-refractivity contribution in [3.63, 3.8) is 0 Å². The molecule has 0 fully saturated rings. The second kappa shape index (κ2) is 5.75. The molecule has 20 heavy (non-hydrogen) atoms. The van der Waals surface area contributed by atoms with Crippen molar-refractivity contribution in [1.82, 2.24) is 0 Å². The van der Waals surface area contributed by atoms with E-state index in [-0.39, 0.29) is 22.9 Å². The van der Waals surface area contributed by atoms with Gasteiger partial charge in [0.25, 0.3) is 0 Å². The summed E-state index contributed by atoms with van der Waals surface area (Å²) in [6.45, 7) is -5.41. The average molecular weight is 303 g/mol. The van der Waals surface area contributed by atoms with Crippen LogP contribution in [0.15, 0.2) is 42.5 Å². The summed E-state index contributed by atoms with van der Waals surface area (Å²) >= 11 is 5.72. The lowest BCUT2D eigenvalue weighted by molar-refractivity contribution is 0.306. The van der Waals surface area contributed by atoms with E-state index in [1.54, 1.807) is 0 Å². The largest absolute Gasteiger partial charge is 0.513 e. The lowest BCUT2D eigenvalue weighted by Gasteiger charge is -2.19. The minimum Gasteiger partial charge on any atom is -0.492 e. The second-order valence-corrected chi connectivity index (χ2v) is 4.49. The predicted octanol–water partition coefficient (Wildman–Crippen LogP) is 4.11. The van der Waals surface area contributed by atoms with Crippen LogP contribution in [-0.4, -0.2) is 6.98 Å². The van der Waals surface area contributed by atoms with Crippen LogP contribution in [0.2, 0.25) is 5.02 Å². The zero-order valence-corrected chi connectivity index (χ0v) is 10.9. The molecule has 2 aromatic rings. The van der Waals surface area contributed by atoms with E-state index in [4.69, 9.17) is 16.3 Å². The van der Waals surface area contributed by atoms with Crippen LogP contribution < -0.4 is 10.2 Å². The van der Waals surface area contributed by atoms with E-state index in [9.17, 15) is 17.3 Å². The van der Waals surface area contributed by atoms with Crippen molar-refractivity contribution >= 4 is 24.0 Å². The first-order valence-electron chi connectivity index (χ1n) is 5.74. The number of para-hydroxylation sites is 1. The molecular formula is C13H9BClF4O-. The smallest absolute Gasteiger partial charge is 0.492 e. The maximum absolute atomic E-state index is 13.2. The second-order valence-electron chi connectivity index (χ2n) is 4.11. The number of ether oxygens (including phenoxy) is 1. The molecule has 0 atom stereocenters. The number of hydrogen-bond acceptors (Lipinski definition) is 1. The Labute approximate surface area is 118 Å². The Kier molecular flexibility index (Phi) is 4.23. The van der Waals surface area contributed by atoms with Crippen LogP contribution in [0.4, 0.5) is 17.3 Å². The summed E-state index contributed by atoms with van der Waals surface area (Å²) in [6.07, 6.45) is 0. The van der Waals surface area contributed by atoms with Crippen molar-refractivity contribution < 1.29 is 22.1 Å². The van der Waals surface area contributed by atoms with Gasteiger partial charge in [-0.05, 0) is 12.1 Å². The zero-order chi connectivity index (χ0) is 14.8. The highest BCUT2D eigenvalue weighted by Gasteiger charge is 2.28. The number of hydrogen-bond donors (Lipinski definition) is 0. The summed E-state index contributed by atoms with van der Waals surface area (Å²) < 4.78 is 56.8. The van der Waals surface area contributed by atoms with E-state index in [1.165, 1.54) is 36.4 Å². The highest BCUT2D eigenvalue weighted by Crippen LogP contribution is 2.23. The molecule has 0 aliphatic rings.